The van der Waals surface area contributed by atoms with Crippen LogP contribution in [0, 0.1) is 18.6 Å². The Hall–Kier alpha value is -3.49. The number of pyridine rings is 2. The molecule has 1 aliphatic rings. The Labute approximate surface area is 207 Å². The number of hydrogen-bond acceptors (Lipinski definition) is 7. The average Bonchev–Trinajstić information content (AvgIpc) is 3.11. The molecule has 0 bridgehead atoms. The molecule has 0 aliphatic carbocycles. The molecule has 0 radical (unpaired) electrons. The molecule has 0 atom stereocenters. The first-order valence-corrected chi connectivity index (χ1v) is 12.7. The van der Waals surface area contributed by atoms with Crippen molar-refractivity contribution >= 4 is 21.4 Å². The highest BCUT2D eigenvalue weighted by Crippen LogP contribution is 2.33. The van der Waals surface area contributed by atoms with E-state index in [2.05, 4.69) is 20.0 Å². The molecule has 1 amide bonds. The minimum Gasteiger partial charge on any atom is -0.478 e. The smallest absolute Gasteiger partial charge is 0.422 e. The maximum atomic E-state index is 14.8. The molecule has 1 aliphatic heterocycles. The maximum Gasteiger partial charge on any atom is 0.422 e. The molecule has 3 aromatic rings. The Morgan fingerprint density at radius 2 is 1.86 bits per heavy atom. The lowest BCUT2D eigenvalue weighted by molar-refractivity contribution is -0.153. The topological polar surface area (TPSA) is 112 Å². The van der Waals surface area contributed by atoms with E-state index in [1.807, 2.05) is 0 Å². The summed E-state index contributed by atoms with van der Waals surface area (Å²) in [5.74, 6) is -4.50. The van der Waals surface area contributed by atoms with E-state index in [1.165, 1.54) is 11.3 Å². The van der Waals surface area contributed by atoms with E-state index in [0.717, 1.165) is 12.3 Å². The maximum absolute atomic E-state index is 14.8. The lowest BCUT2D eigenvalue weighted by Crippen LogP contribution is -2.51. The van der Waals surface area contributed by atoms with Crippen molar-refractivity contribution in [3.8, 4) is 17.4 Å². The number of fused-ring (bicyclic) bond motifs is 1. The monoisotopic (exact) mass is 548 g/mol. The van der Waals surface area contributed by atoms with Crippen molar-refractivity contribution in [2.75, 3.05) is 18.1 Å². The van der Waals surface area contributed by atoms with Gasteiger partial charge in [-0.3, -0.25) is 9.20 Å². The van der Waals surface area contributed by atoms with Gasteiger partial charge in [0.25, 0.3) is 11.8 Å². The normalized spacial score (nSPS) is 16.9. The molecule has 37 heavy (non-hydrogen) atoms. The summed E-state index contributed by atoms with van der Waals surface area (Å²) in [5, 5.41) is 2.80. The molecule has 0 saturated carbocycles. The van der Waals surface area contributed by atoms with Gasteiger partial charge in [-0.2, -0.15) is 13.2 Å². The van der Waals surface area contributed by atoms with E-state index in [1.54, 1.807) is 6.92 Å². The number of nitrogens with one attached hydrogen (secondary N) is 1. The summed E-state index contributed by atoms with van der Waals surface area (Å²) in [6.45, 7) is 1.50. The van der Waals surface area contributed by atoms with Gasteiger partial charge in [0.15, 0.2) is 23.9 Å². The second-order valence-corrected chi connectivity index (χ2v) is 11.2. The Kier molecular flexibility index (Phi) is 6.77. The van der Waals surface area contributed by atoms with Crippen LogP contribution in [-0.4, -0.2) is 58.5 Å². The molecule has 9 nitrogen and oxygen atoms in total. The van der Waals surface area contributed by atoms with Gasteiger partial charge in [-0.1, -0.05) is 0 Å². The largest absolute Gasteiger partial charge is 0.478 e. The predicted octanol–water partition coefficient (Wildman–Crippen LogP) is 3.75. The van der Waals surface area contributed by atoms with E-state index in [-0.39, 0.29) is 41.4 Å². The molecular weight excluding hydrogens is 527 g/mol. The highest BCUT2D eigenvalue weighted by atomic mass is 32.2. The zero-order chi connectivity index (χ0) is 27.2. The molecule has 1 saturated heterocycles. The third kappa shape index (κ3) is 6.09. The number of carbonyl (C=O) groups excluding carboxylic acids is 1. The number of amides is 1. The summed E-state index contributed by atoms with van der Waals surface area (Å²) in [4.78, 5) is 20.6. The minimum absolute atomic E-state index is 0.0319. The van der Waals surface area contributed by atoms with E-state index in [9.17, 15) is 35.2 Å². The number of sulfone groups is 1. The van der Waals surface area contributed by atoms with Gasteiger partial charge in [-0.05, 0) is 26.7 Å². The number of hydrogen-bond donors (Lipinski definition) is 1. The van der Waals surface area contributed by atoms with Crippen molar-refractivity contribution in [2.24, 2.45) is 0 Å². The van der Waals surface area contributed by atoms with Gasteiger partial charge in [0.05, 0.1) is 29.6 Å². The van der Waals surface area contributed by atoms with Gasteiger partial charge in [0.2, 0.25) is 0 Å². The van der Waals surface area contributed by atoms with Crippen LogP contribution in [-0.2, 0) is 9.84 Å². The number of rotatable bonds is 6. The SMILES string of the molecule is Cc1c(C(=O)NC2(C)CCS(=O)(=O)CC2)nc2cc(F)c(Oc3ncc(F)cc3OCC(F)(F)F)cn12. The molecule has 1 fully saturated rings. The third-order valence-corrected chi connectivity index (χ3v) is 7.51. The zero-order valence-corrected chi connectivity index (χ0v) is 20.3. The summed E-state index contributed by atoms with van der Waals surface area (Å²) < 4.78 is 101. The van der Waals surface area contributed by atoms with Gasteiger partial charge >= 0.3 is 6.18 Å². The number of aromatic nitrogens is 3. The number of imidazole rings is 1. The van der Waals surface area contributed by atoms with Crippen LogP contribution in [0.5, 0.6) is 17.4 Å². The molecule has 15 heteroatoms. The summed E-state index contributed by atoms with van der Waals surface area (Å²) in [7, 11) is -3.15. The standard InChI is InChI=1S/C22H21F5N4O5S/c1-12-18(19(32)30-21(2)3-5-37(33,34)6-4-21)29-17-8-14(24)16(10-31(12)17)36-20-15(7-13(23)9-28-20)35-11-22(25,26)27/h7-10H,3-6,11H2,1-2H3,(H,30,32). The molecule has 1 N–H and O–H groups in total. The van der Waals surface area contributed by atoms with Crippen LogP contribution in [0.15, 0.2) is 24.5 Å². The Balaban J connectivity index is 1.60. The van der Waals surface area contributed by atoms with Gasteiger partial charge in [0, 0.05) is 17.7 Å². The molecule has 0 spiro atoms. The fourth-order valence-electron chi connectivity index (χ4n) is 3.75. The van der Waals surface area contributed by atoms with Crippen molar-refractivity contribution in [1.29, 1.82) is 0 Å². The van der Waals surface area contributed by atoms with E-state index < -0.39 is 63.1 Å². The number of aryl methyl sites for hydroxylation is 1. The van der Waals surface area contributed by atoms with Gasteiger partial charge in [-0.25, -0.2) is 27.2 Å². The molecule has 3 aromatic heterocycles. The van der Waals surface area contributed by atoms with Crippen molar-refractivity contribution in [3.05, 3.63) is 47.5 Å². The molecule has 4 heterocycles. The summed E-state index contributed by atoms with van der Waals surface area (Å²) in [5.41, 5.74) is -0.500. The number of alkyl halides is 3. The summed E-state index contributed by atoms with van der Waals surface area (Å²) in [6.07, 6.45) is -2.50. The first-order chi connectivity index (χ1) is 17.1. The quantitative estimate of drug-likeness (QED) is 0.467. The fourth-order valence-corrected chi connectivity index (χ4v) is 5.48. The molecule has 0 aromatic carbocycles. The highest BCUT2D eigenvalue weighted by molar-refractivity contribution is 7.91. The minimum atomic E-state index is -4.72. The van der Waals surface area contributed by atoms with Gasteiger partial charge in [-0.15, -0.1) is 0 Å². The number of ether oxygens (including phenoxy) is 2. The first kappa shape index (κ1) is 26.6. The lowest BCUT2D eigenvalue weighted by Gasteiger charge is -2.34. The van der Waals surface area contributed by atoms with Crippen LogP contribution in [0.3, 0.4) is 0 Å². The van der Waals surface area contributed by atoms with E-state index in [0.29, 0.717) is 12.3 Å². The van der Waals surface area contributed by atoms with Crippen molar-refractivity contribution < 1.29 is 44.6 Å². The zero-order valence-electron chi connectivity index (χ0n) is 19.5. The van der Waals surface area contributed by atoms with Gasteiger partial charge in [0.1, 0.15) is 27.0 Å². The molecular formula is C22H21F5N4O5S. The van der Waals surface area contributed by atoms with E-state index >= 15 is 0 Å². The molecule has 0 unspecified atom stereocenters. The Morgan fingerprint density at radius 3 is 2.51 bits per heavy atom. The fraction of sp³-hybridized carbons (Fsp3) is 0.409. The Morgan fingerprint density at radius 1 is 1.19 bits per heavy atom. The number of carbonyl (C=O) groups is 1. The highest BCUT2D eigenvalue weighted by Gasteiger charge is 2.35. The van der Waals surface area contributed by atoms with E-state index in [4.69, 9.17) is 4.74 Å². The summed E-state index contributed by atoms with van der Waals surface area (Å²) in [6, 6.07) is 1.56. The number of halogens is 5. The third-order valence-electron chi connectivity index (χ3n) is 5.86. The van der Waals surface area contributed by atoms with Crippen molar-refractivity contribution in [1.82, 2.24) is 19.7 Å². The second-order valence-electron chi connectivity index (χ2n) is 8.89. The van der Waals surface area contributed by atoms with Crippen LogP contribution < -0.4 is 14.8 Å². The second kappa shape index (κ2) is 9.43. The summed E-state index contributed by atoms with van der Waals surface area (Å²) >= 11 is 0. The molecule has 200 valence electrons. The van der Waals surface area contributed by atoms with Crippen molar-refractivity contribution in [2.45, 2.75) is 38.4 Å². The van der Waals surface area contributed by atoms with Crippen LogP contribution in [0.25, 0.3) is 5.65 Å². The first-order valence-electron chi connectivity index (χ1n) is 10.9. The van der Waals surface area contributed by atoms with Crippen LogP contribution >= 0.6 is 0 Å². The van der Waals surface area contributed by atoms with Gasteiger partial charge < -0.3 is 14.8 Å². The number of nitrogens with zero attached hydrogens (tertiary/aromatic N) is 3. The lowest BCUT2D eigenvalue weighted by atomic mass is 9.94. The predicted molar refractivity (Wildman–Crippen MR) is 119 cm³/mol. The Bertz CT molecular complexity index is 1460. The van der Waals surface area contributed by atoms with Crippen LogP contribution in [0.1, 0.15) is 35.9 Å². The molecule has 4 rings (SSSR count). The van der Waals surface area contributed by atoms with Crippen LogP contribution in [0.4, 0.5) is 22.0 Å². The average molecular weight is 548 g/mol. The van der Waals surface area contributed by atoms with Crippen LogP contribution in [0.2, 0.25) is 0 Å². The van der Waals surface area contributed by atoms with Crippen molar-refractivity contribution in [3.63, 3.8) is 0 Å².